The summed E-state index contributed by atoms with van der Waals surface area (Å²) in [7, 11) is 1.41. The normalized spacial score (nSPS) is 8.23. The Morgan fingerprint density at radius 3 is 2.23 bits per heavy atom. The number of hydrogen-bond donors (Lipinski definition) is 0. The SMILES string of the molecule is CC.COc1ccccc1[N+](=O)[O-]. The van der Waals surface area contributed by atoms with Gasteiger partial charge in [0.05, 0.1) is 12.0 Å². The van der Waals surface area contributed by atoms with Crippen molar-refractivity contribution in [3.05, 3.63) is 34.4 Å². The van der Waals surface area contributed by atoms with Crippen LogP contribution in [0, 0.1) is 10.1 Å². The van der Waals surface area contributed by atoms with E-state index < -0.39 is 4.92 Å². The smallest absolute Gasteiger partial charge is 0.310 e. The van der Waals surface area contributed by atoms with Crippen molar-refractivity contribution in [2.45, 2.75) is 13.8 Å². The highest BCUT2D eigenvalue weighted by Crippen LogP contribution is 2.24. The molecule has 0 unspecified atom stereocenters. The van der Waals surface area contributed by atoms with Crippen molar-refractivity contribution >= 4 is 5.69 Å². The molecule has 0 spiro atoms. The molecule has 0 aliphatic heterocycles. The summed E-state index contributed by atoms with van der Waals surface area (Å²) >= 11 is 0. The lowest BCUT2D eigenvalue weighted by Crippen LogP contribution is -1.92. The van der Waals surface area contributed by atoms with E-state index in [0.29, 0.717) is 0 Å². The van der Waals surface area contributed by atoms with E-state index in [0.717, 1.165) is 0 Å². The van der Waals surface area contributed by atoms with Crippen molar-refractivity contribution in [3.8, 4) is 5.75 Å². The Kier molecular flexibility index (Phi) is 5.27. The maximum atomic E-state index is 10.3. The molecular formula is C9H13NO3. The summed E-state index contributed by atoms with van der Waals surface area (Å²) < 4.78 is 4.76. The van der Waals surface area contributed by atoms with Gasteiger partial charge in [-0.1, -0.05) is 26.0 Å². The summed E-state index contributed by atoms with van der Waals surface area (Å²) in [6, 6.07) is 6.24. The number of ether oxygens (including phenoxy) is 1. The fourth-order valence-corrected chi connectivity index (χ4v) is 0.781. The molecule has 0 N–H and O–H groups in total. The van der Waals surface area contributed by atoms with Gasteiger partial charge in [0.1, 0.15) is 0 Å². The lowest BCUT2D eigenvalue weighted by Gasteiger charge is -1.98. The Balaban J connectivity index is 0.000000671. The van der Waals surface area contributed by atoms with Crippen molar-refractivity contribution in [3.63, 3.8) is 0 Å². The minimum Gasteiger partial charge on any atom is -0.490 e. The van der Waals surface area contributed by atoms with E-state index in [9.17, 15) is 10.1 Å². The van der Waals surface area contributed by atoms with Gasteiger partial charge in [0.25, 0.3) is 0 Å². The van der Waals surface area contributed by atoms with Crippen molar-refractivity contribution in [1.82, 2.24) is 0 Å². The third-order valence-corrected chi connectivity index (χ3v) is 1.28. The number of benzene rings is 1. The molecule has 1 aromatic carbocycles. The zero-order chi connectivity index (χ0) is 10.3. The fraction of sp³-hybridized carbons (Fsp3) is 0.333. The Morgan fingerprint density at radius 1 is 1.31 bits per heavy atom. The topological polar surface area (TPSA) is 52.4 Å². The van der Waals surface area contributed by atoms with Crippen LogP contribution in [-0.2, 0) is 0 Å². The molecule has 0 amide bonds. The van der Waals surface area contributed by atoms with E-state index in [2.05, 4.69) is 0 Å². The Labute approximate surface area is 77.3 Å². The molecule has 0 radical (unpaired) electrons. The molecule has 4 heteroatoms. The van der Waals surface area contributed by atoms with E-state index in [-0.39, 0.29) is 11.4 Å². The first-order chi connectivity index (χ1) is 6.25. The van der Waals surface area contributed by atoms with Gasteiger partial charge in [-0.2, -0.15) is 0 Å². The maximum Gasteiger partial charge on any atom is 0.310 e. The van der Waals surface area contributed by atoms with Crippen LogP contribution in [0.2, 0.25) is 0 Å². The van der Waals surface area contributed by atoms with E-state index in [1.54, 1.807) is 18.2 Å². The molecule has 0 aromatic heterocycles. The first kappa shape index (κ1) is 11.4. The molecule has 1 rings (SSSR count). The van der Waals surface area contributed by atoms with E-state index in [1.165, 1.54) is 13.2 Å². The molecule has 0 atom stereocenters. The largest absolute Gasteiger partial charge is 0.490 e. The van der Waals surface area contributed by atoms with Gasteiger partial charge in [0.15, 0.2) is 5.75 Å². The highest BCUT2D eigenvalue weighted by Gasteiger charge is 2.11. The average Bonchev–Trinajstić information content (AvgIpc) is 2.20. The molecule has 13 heavy (non-hydrogen) atoms. The third kappa shape index (κ3) is 3.11. The van der Waals surface area contributed by atoms with Crippen LogP contribution in [0.1, 0.15) is 13.8 Å². The molecule has 0 bridgehead atoms. The predicted molar refractivity (Wildman–Crippen MR) is 51.0 cm³/mol. The number of para-hydroxylation sites is 2. The van der Waals surface area contributed by atoms with Crippen LogP contribution in [-0.4, -0.2) is 12.0 Å². The molecule has 0 saturated heterocycles. The Hall–Kier alpha value is -1.58. The average molecular weight is 183 g/mol. The van der Waals surface area contributed by atoms with Gasteiger partial charge in [-0.25, -0.2) is 0 Å². The standard InChI is InChI=1S/C7H7NO3.C2H6/c1-11-7-5-3-2-4-6(7)8(9)10;1-2/h2-5H,1H3;1-2H3. The van der Waals surface area contributed by atoms with Gasteiger partial charge in [-0.3, -0.25) is 10.1 Å². The third-order valence-electron chi connectivity index (χ3n) is 1.28. The molecule has 1 aromatic rings. The lowest BCUT2D eigenvalue weighted by molar-refractivity contribution is -0.385. The quantitative estimate of drug-likeness (QED) is 0.523. The molecule has 0 aliphatic rings. The summed E-state index contributed by atoms with van der Waals surface area (Å²) in [5.74, 6) is 0.289. The molecular weight excluding hydrogens is 170 g/mol. The first-order valence-electron chi connectivity index (χ1n) is 4.03. The summed E-state index contributed by atoms with van der Waals surface area (Å²) in [5.41, 5.74) is -0.00463. The highest BCUT2D eigenvalue weighted by atomic mass is 16.6. The van der Waals surface area contributed by atoms with Gasteiger partial charge in [-0.15, -0.1) is 0 Å². The van der Waals surface area contributed by atoms with Gasteiger partial charge in [0, 0.05) is 6.07 Å². The summed E-state index contributed by atoms with van der Waals surface area (Å²) in [6.45, 7) is 4.00. The first-order valence-corrected chi connectivity index (χ1v) is 4.03. The van der Waals surface area contributed by atoms with Crippen LogP contribution in [0.5, 0.6) is 5.75 Å². The lowest BCUT2D eigenvalue weighted by atomic mass is 10.3. The second kappa shape index (κ2) is 5.99. The number of rotatable bonds is 2. The predicted octanol–water partition coefficient (Wildman–Crippen LogP) is 2.63. The van der Waals surface area contributed by atoms with Crippen LogP contribution in [0.25, 0.3) is 0 Å². The molecule has 0 fully saturated rings. The number of nitro groups is 1. The van der Waals surface area contributed by atoms with Crippen LogP contribution < -0.4 is 4.74 Å². The van der Waals surface area contributed by atoms with E-state index in [1.807, 2.05) is 13.8 Å². The second-order valence-corrected chi connectivity index (χ2v) is 1.93. The number of hydrogen-bond acceptors (Lipinski definition) is 3. The van der Waals surface area contributed by atoms with Gasteiger partial charge in [0.2, 0.25) is 0 Å². The Bertz CT molecular complexity index is 273. The Morgan fingerprint density at radius 2 is 1.85 bits per heavy atom. The molecule has 4 nitrogen and oxygen atoms in total. The maximum absolute atomic E-state index is 10.3. The van der Waals surface area contributed by atoms with Crippen molar-refractivity contribution in [2.24, 2.45) is 0 Å². The number of nitrogens with zero attached hydrogens (tertiary/aromatic N) is 1. The molecule has 0 aliphatic carbocycles. The van der Waals surface area contributed by atoms with Crippen molar-refractivity contribution in [2.75, 3.05) is 7.11 Å². The molecule has 0 saturated carbocycles. The summed E-state index contributed by atoms with van der Waals surface area (Å²) in [6.07, 6.45) is 0. The number of methoxy groups -OCH3 is 1. The van der Waals surface area contributed by atoms with Gasteiger partial charge < -0.3 is 4.74 Å². The zero-order valence-electron chi connectivity index (χ0n) is 7.98. The van der Waals surface area contributed by atoms with Crippen LogP contribution >= 0.6 is 0 Å². The van der Waals surface area contributed by atoms with Gasteiger partial charge >= 0.3 is 5.69 Å². The van der Waals surface area contributed by atoms with Crippen LogP contribution in [0.4, 0.5) is 5.69 Å². The van der Waals surface area contributed by atoms with Crippen LogP contribution in [0.15, 0.2) is 24.3 Å². The van der Waals surface area contributed by atoms with Crippen LogP contribution in [0.3, 0.4) is 0 Å². The fourth-order valence-electron chi connectivity index (χ4n) is 0.781. The molecule has 0 heterocycles. The number of nitro benzene ring substituents is 1. The summed E-state index contributed by atoms with van der Waals surface area (Å²) in [5, 5.41) is 10.3. The van der Waals surface area contributed by atoms with Crippen molar-refractivity contribution < 1.29 is 9.66 Å². The monoisotopic (exact) mass is 183 g/mol. The van der Waals surface area contributed by atoms with E-state index >= 15 is 0 Å². The van der Waals surface area contributed by atoms with Gasteiger partial charge in [-0.05, 0) is 6.07 Å². The van der Waals surface area contributed by atoms with Crippen molar-refractivity contribution in [1.29, 1.82) is 0 Å². The van der Waals surface area contributed by atoms with E-state index in [4.69, 9.17) is 4.74 Å². The zero-order valence-corrected chi connectivity index (χ0v) is 7.98. The molecule has 72 valence electrons. The minimum atomic E-state index is -0.473. The summed E-state index contributed by atoms with van der Waals surface area (Å²) in [4.78, 5) is 9.83. The minimum absolute atomic E-state index is 0.00463. The second-order valence-electron chi connectivity index (χ2n) is 1.93. The highest BCUT2D eigenvalue weighted by molar-refractivity contribution is 5.45.